The number of anilines is 1. The summed E-state index contributed by atoms with van der Waals surface area (Å²) in [4.78, 5) is 23.9. The van der Waals surface area contributed by atoms with Crippen LogP contribution in [0.1, 0.15) is 56.3 Å². The Kier molecular flexibility index (Phi) is 7.75. The summed E-state index contributed by atoms with van der Waals surface area (Å²) in [5.41, 5.74) is 1.02. The molecule has 0 spiro atoms. The molecule has 2 N–H and O–H groups in total. The van der Waals surface area contributed by atoms with Crippen LogP contribution in [0.4, 0.5) is 5.69 Å². The van der Waals surface area contributed by atoms with Gasteiger partial charge in [0, 0.05) is 6.54 Å². The zero-order valence-electron chi connectivity index (χ0n) is 16.0. The number of hydrogen-bond donors (Lipinski definition) is 2. The van der Waals surface area contributed by atoms with Crippen LogP contribution in [0.3, 0.4) is 0 Å². The molecule has 1 aromatic rings. The van der Waals surface area contributed by atoms with Crippen molar-refractivity contribution in [2.75, 3.05) is 25.5 Å². The van der Waals surface area contributed by atoms with Gasteiger partial charge >= 0.3 is 5.97 Å². The van der Waals surface area contributed by atoms with Gasteiger partial charge in [0.15, 0.2) is 0 Å². The molecular weight excluding hydrogens is 332 g/mol. The van der Waals surface area contributed by atoms with E-state index >= 15 is 0 Å². The largest absolute Gasteiger partial charge is 0.489 e. The Morgan fingerprint density at radius 2 is 1.92 bits per heavy atom. The van der Waals surface area contributed by atoms with Crippen LogP contribution in [-0.2, 0) is 9.53 Å². The predicted octanol–water partition coefficient (Wildman–Crippen LogP) is 3.37. The lowest BCUT2D eigenvalue weighted by Gasteiger charge is -2.22. The number of rotatable bonds is 8. The van der Waals surface area contributed by atoms with E-state index in [1.54, 1.807) is 18.2 Å². The number of methoxy groups -OCH3 is 1. The predicted molar refractivity (Wildman–Crippen MR) is 102 cm³/mol. The topological polar surface area (TPSA) is 76.7 Å². The number of nitrogens with one attached hydrogen (secondary N) is 2. The lowest BCUT2D eigenvalue weighted by Crippen LogP contribution is -2.34. The average Bonchev–Trinajstić information content (AvgIpc) is 2.65. The number of hydrogen-bond acceptors (Lipinski definition) is 5. The van der Waals surface area contributed by atoms with Gasteiger partial charge in [0.05, 0.1) is 31.0 Å². The van der Waals surface area contributed by atoms with Crippen LogP contribution in [0.5, 0.6) is 5.75 Å². The summed E-state index contributed by atoms with van der Waals surface area (Å²) >= 11 is 0. The van der Waals surface area contributed by atoms with Crippen molar-refractivity contribution in [3.8, 4) is 5.75 Å². The first-order valence-corrected chi connectivity index (χ1v) is 9.39. The lowest BCUT2D eigenvalue weighted by molar-refractivity contribution is -0.119. The quantitative estimate of drug-likeness (QED) is 0.694. The third-order valence-electron chi connectivity index (χ3n) is 4.52. The molecule has 1 aromatic carbocycles. The van der Waals surface area contributed by atoms with E-state index in [1.807, 2.05) is 13.8 Å². The highest BCUT2D eigenvalue weighted by Gasteiger charge is 2.15. The van der Waals surface area contributed by atoms with Crippen molar-refractivity contribution in [3.05, 3.63) is 23.8 Å². The molecule has 1 aliphatic rings. The summed E-state index contributed by atoms with van der Waals surface area (Å²) < 4.78 is 10.5. The van der Waals surface area contributed by atoms with Gasteiger partial charge in [-0.3, -0.25) is 4.79 Å². The van der Waals surface area contributed by atoms with Crippen molar-refractivity contribution in [1.29, 1.82) is 0 Å². The zero-order chi connectivity index (χ0) is 18.9. The molecule has 0 saturated heterocycles. The minimum Gasteiger partial charge on any atom is -0.489 e. The zero-order valence-corrected chi connectivity index (χ0v) is 16.0. The normalized spacial score (nSPS) is 14.8. The van der Waals surface area contributed by atoms with Crippen molar-refractivity contribution in [2.24, 2.45) is 5.92 Å². The molecule has 0 radical (unpaired) electrons. The third kappa shape index (κ3) is 6.24. The molecule has 2 rings (SSSR count). The second-order valence-corrected chi connectivity index (χ2v) is 7.03. The molecule has 1 saturated carbocycles. The van der Waals surface area contributed by atoms with Crippen molar-refractivity contribution in [3.63, 3.8) is 0 Å². The van der Waals surface area contributed by atoms with Crippen molar-refractivity contribution >= 4 is 17.6 Å². The van der Waals surface area contributed by atoms with Crippen LogP contribution in [0.2, 0.25) is 0 Å². The van der Waals surface area contributed by atoms with Crippen molar-refractivity contribution in [2.45, 2.75) is 52.1 Å². The molecular formula is C20H30N2O4. The minimum absolute atomic E-state index is 0.0142. The van der Waals surface area contributed by atoms with E-state index in [9.17, 15) is 9.59 Å². The first kappa shape index (κ1) is 20.1. The Bertz CT molecular complexity index is 610. The van der Waals surface area contributed by atoms with E-state index in [0.29, 0.717) is 22.9 Å². The standard InChI is InChI=1S/C20H30N2O4/c1-14(2)26-18-10-9-16(20(24)25-3)11-17(18)21-13-19(23)22-12-15-7-5-4-6-8-15/h9-11,14-15,21H,4-8,12-13H2,1-3H3,(H,22,23). The summed E-state index contributed by atoms with van der Waals surface area (Å²) in [7, 11) is 1.34. The highest BCUT2D eigenvalue weighted by Crippen LogP contribution is 2.27. The molecule has 26 heavy (non-hydrogen) atoms. The fourth-order valence-corrected chi connectivity index (χ4v) is 3.16. The second kappa shape index (κ2) is 10.0. The fourth-order valence-electron chi connectivity index (χ4n) is 3.16. The van der Waals surface area contributed by atoms with E-state index < -0.39 is 5.97 Å². The summed E-state index contributed by atoms with van der Waals surface area (Å²) in [6, 6.07) is 5.02. The monoisotopic (exact) mass is 362 g/mol. The van der Waals surface area contributed by atoms with Crippen molar-refractivity contribution < 1.29 is 19.1 Å². The second-order valence-electron chi connectivity index (χ2n) is 7.03. The molecule has 0 bridgehead atoms. The summed E-state index contributed by atoms with van der Waals surface area (Å²) in [6.45, 7) is 4.72. The maximum Gasteiger partial charge on any atom is 0.337 e. The minimum atomic E-state index is -0.425. The molecule has 0 unspecified atom stereocenters. The maximum atomic E-state index is 12.2. The number of amides is 1. The van der Waals surface area contributed by atoms with Crippen LogP contribution < -0.4 is 15.4 Å². The van der Waals surface area contributed by atoms with Gasteiger partial charge in [-0.05, 0) is 50.8 Å². The van der Waals surface area contributed by atoms with E-state index in [-0.39, 0.29) is 18.6 Å². The van der Waals surface area contributed by atoms with Gasteiger partial charge in [0.1, 0.15) is 5.75 Å². The van der Waals surface area contributed by atoms with Crippen LogP contribution >= 0.6 is 0 Å². The molecule has 0 atom stereocenters. The average molecular weight is 362 g/mol. The Hall–Kier alpha value is -2.24. The molecule has 6 nitrogen and oxygen atoms in total. The molecule has 6 heteroatoms. The van der Waals surface area contributed by atoms with Crippen LogP contribution in [0.25, 0.3) is 0 Å². The first-order valence-electron chi connectivity index (χ1n) is 9.39. The summed E-state index contributed by atoms with van der Waals surface area (Å²) in [6.07, 6.45) is 6.20. The van der Waals surface area contributed by atoms with E-state index in [0.717, 1.165) is 6.54 Å². The fraction of sp³-hybridized carbons (Fsp3) is 0.600. The first-order chi connectivity index (χ1) is 12.5. The van der Waals surface area contributed by atoms with Gasteiger partial charge in [-0.1, -0.05) is 19.3 Å². The van der Waals surface area contributed by atoms with Gasteiger partial charge < -0.3 is 20.1 Å². The van der Waals surface area contributed by atoms with E-state index in [4.69, 9.17) is 9.47 Å². The molecule has 0 heterocycles. The summed E-state index contributed by atoms with van der Waals surface area (Å²) in [5.74, 6) is 0.711. The number of carbonyl (C=O) groups excluding carboxylic acids is 2. The molecule has 1 fully saturated rings. The highest BCUT2D eigenvalue weighted by molar-refractivity contribution is 5.91. The van der Waals surface area contributed by atoms with Gasteiger partial charge in [-0.25, -0.2) is 4.79 Å². The number of ether oxygens (including phenoxy) is 2. The summed E-state index contributed by atoms with van der Waals surface area (Å²) in [5, 5.41) is 6.08. The van der Waals surface area contributed by atoms with E-state index in [2.05, 4.69) is 10.6 Å². The van der Waals surface area contributed by atoms with Gasteiger partial charge in [-0.15, -0.1) is 0 Å². The smallest absolute Gasteiger partial charge is 0.337 e. The Labute approximate surface area is 155 Å². The van der Waals surface area contributed by atoms with Gasteiger partial charge in [0.25, 0.3) is 0 Å². The van der Waals surface area contributed by atoms with Crippen LogP contribution in [-0.4, -0.2) is 38.2 Å². The van der Waals surface area contributed by atoms with Crippen LogP contribution in [0, 0.1) is 5.92 Å². The molecule has 1 aliphatic carbocycles. The number of benzene rings is 1. The number of esters is 1. The molecule has 0 aliphatic heterocycles. The molecule has 144 valence electrons. The Morgan fingerprint density at radius 1 is 1.19 bits per heavy atom. The molecule has 0 aromatic heterocycles. The maximum absolute atomic E-state index is 12.2. The Morgan fingerprint density at radius 3 is 2.58 bits per heavy atom. The van der Waals surface area contributed by atoms with Gasteiger partial charge in [0.2, 0.25) is 5.91 Å². The van der Waals surface area contributed by atoms with Crippen LogP contribution in [0.15, 0.2) is 18.2 Å². The van der Waals surface area contributed by atoms with Gasteiger partial charge in [-0.2, -0.15) is 0 Å². The molecule has 1 amide bonds. The number of carbonyl (C=O) groups is 2. The lowest BCUT2D eigenvalue weighted by atomic mass is 9.89. The third-order valence-corrected chi connectivity index (χ3v) is 4.52. The Balaban J connectivity index is 1.94. The van der Waals surface area contributed by atoms with E-state index in [1.165, 1.54) is 39.2 Å². The highest BCUT2D eigenvalue weighted by atomic mass is 16.5. The van der Waals surface area contributed by atoms with Crippen molar-refractivity contribution in [1.82, 2.24) is 5.32 Å². The SMILES string of the molecule is COC(=O)c1ccc(OC(C)C)c(NCC(=O)NCC2CCCCC2)c1.